The molecule has 7 nitrogen and oxygen atoms in total. The fourth-order valence-electron chi connectivity index (χ4n) is 1.86. The predicted molar refractivity (Wildman–Crippen MR) is 90.2 cm³/mol. The van der Waals surface area contributed by atoms with Crippen LogP contribution in [0.4, 0.5) is 0 Å². The molecule has 0 aliphatic rings. The highest BCUT2D eigenvalue weighted by atomic mass is 32.2. The van der Waals surface area contributed by atoms with E-state index in [1.165, 1.54) is 37.6 Å². The normalized spacial score (nSPS) is 11.4. The molecule has 0 heterocycles. The van der Waals surface area contributed by atoms with E-state index in [9.17, 15) is 13.5 Å². The third kappa shape index (κ3) is 4.39. The van der Waals surface area contributed by atoms with Gasteiger partial charge in [0, 0.05) is 5.56 Å². The van der Waals surface area contributed by atoms with Crippen molar-refractivity contribution in [3.63, 3.8) is 0 Å². The van der Waals surface area contributed by atoms with Gasteiger partial charge in [0.05, 0.1) is 24.8 Å². The number of ether oxygens (including phenoxy) is 2. The van der Waals surface area contributed by atoms with E-state index in [0.717, 1.165) is 0 Å². The molecule has 0 atom stereocenters. The lowest BCUT2D eigenvalue weighted by Crippen LogP contribution is -2.18. The number of benzene rings is 2. The van der Waals surface area contributed by atoms with Crippen molar-refractivity contribution in [2.45, 2.75) is 11.8 Å². The number of hydrogen-bond acceptors (Lipinski definition) is 6. The Morgan fingerprint density at radius 1 is 1.17 bits per heavy atom. The Balaban J connectivity index is 2.12. The zero-order valence-electron chi connectivity index (χ0n) is 13.3. The number of phenols is 1. The lowest BCUT2D eigenvalue weighted by Gasteiger charge is -2.06. The number of aromatic hydroxyl groups is 1. The Morgan fingerprint density at radius 2 is 1.83 bits per heavy atom. The third-order valence-corrected chi connectivity index (χ3v) is 4.29. The molecule has 0 aliphatic heterocycles. The predicted octanol–water partition coefficient (Wildman–Crippen LogP) is 2.11. The van der Waals surface area contributed by atoms with Gasteiger partial charge < -0.3 is 14.6 Å². The molecule has 0 aromatic heterocycles. The van der Waals surface area contributed by atoms with Crippen LogP contribution in [0.1, 0.15) is 12.5 Å². The molecule has 2 aromatic rings. The first-order chi connectivity index (χ1) is 11.5. The number of nitrogens with zero attached hydrogens (tertiary/aromatic N) is 1. The summed E-state index contributed by atoms with van der Waals surface area (Å²) in [5.74, 6) is 1.06. The lowest BCUT2D eigenvalue weighted by molar-refractivity contribution is 0.340. The number of hydrazone groups is 1. The Morgan fingerprint density at radius 3 is 2.46 bits per heavy atom. The van der Waals surface area contributed by atoms with Crippen LogP contribution in [-0.2, 0) is 10.0 Å². The van der Waals surface area contributed by atoms with Crippen LogP contribution in [0.5, 0.6) is 17.2 Å². The summed E-state index contributed by atoms with van der Waals surface area (Å²) >= 11 is 0. The van der Waals surface area contributed by atoms with Crippen LogP contribution < -0.4 is 14.3 Å². The summed E-state index contributed by atoms with van der Waals surface area (Å²) in [6.07, 6.45) is 1.20. The molecule has 0 spiro atoms. The maximum absolute atomic E-state index is 12.1. The van der Waals surface area contributed by atoms with Crippen LogP contribution in [0, 0.1) is 0 Å². The van der Waals surface area contributed by atoms with Gasteiger partial charge in [-0.25, -0.2) is 4.83 Å². The van der Waals surface area contributed by atoms with Crippen molar-refractivity contribution in [3.05, 3.63) is 48.0 Å². The van der Waals surface area contributed by atoms with Crippen molar-refractivity contribution >= 4 is 16.2 Å². The van der Waals surface area contributed by atoms with Crippen molar-refractivity contribution in [2.75, 3.05) is 13.7 Å². The zero-order chi connectivity index (χ0) is 17.6. The van der Waals surface area contributed by atoms with Gasteiger partial charge >= 0.3 is 0 Å². The lowest BCUT2D eigenvalue weighted by atomic mass is 10.2. The second kappa shape index (κ2) is 7.69. The minimum Gasteiger partial charge on any atom is -0.507 e. The topological polar surface area (TPSA) is 97.2 Å². The van der Waals surface area contributed by atoms with E-state index in [1.54, 1.807) is 18.2 Å². The minimum absolute atomic E-state index is 0.0418. The molecule has 0 aliphatic carbocycles. The maximum atomic E-state index is 12.1. The summed E-state index contributed by atoms with van der Waals surface area (Å²) in [5, 5.41) is 13.4. The van der Waals surface area contributed by atoms with Gasteiger partial charge in [0.15, 0.2) is 0 Å². The first-order valence-corrected chi connectivity index (χ1v) is 8.59. The molecule has 0 saturated carbocycles. The summed E-state index contributed by atoms with van der Waals surface area (Å²) < 4.78 is 34.6. The van der Waals surface area contributed by atoms with Gasteiger partial charge in [-0.15, -0.1) is 0 Å². The fourth-order valence-corrected chi connectivity index (χ4v) is 2.65. The van der Waals surface area contributed by atoms with Crippen molar-refractivity contribution in [3.8, 4) is 17.2 Å². The quantitative estimate of drug-likeness (QED) is 0.589. The molecule has 8 heteroatoms. The number of methoxy groups -OCH3 is 1. The van der Waals surface area contributed by atoms with Gasteiger partial charge in [-0.05, 0) is 49.4 Å². The number of phenolic OH excluding ortho intramolecular Hbond substituents is 1. The second-order valence-corrected chi connectivity index (χ2v) is 6.34. The first kappa shape index (κ1) is 17.6. The average Bonchev–Trinajstić information content (AvgIpc) is 2.57. The van der Waals surface area contributed by atoms with E-state index in [0.29, 0.717) is 23.7 Å². The van der Waals surface area contributed by atoms with Gasteiger partial charge in [-0.2, -0.15) is 13.5 Å². The van der Waals surface area contributed by atoms with E-state index >= 15 is 0 Å². The van der Waals surface area contributed by atoms with Crippen LogP contribution in [0.25, 0.3) is 0 Å². The van der Waals surface area contributed by atoms with E-state index in [2.05, 4.69) is 9.93 Å². The summed E-state index contributed by atoms with van der Waals surface area (Å²) in [6.45, 7) is 2.34. The first-order valence-electron chi connectivity index (χ1n) is 7.11. The maximum Gasteiger partial charge on any atom is 0.276 e. The van der Waals surface area contributed by atoms with E-state index in [-0.39, 0.29) is 10.6 Å². The molecule has 0 unspecified atom stereocenters. The zero-order valence-corrected chi connectivity index (χ0v) is 14.1. The molecule has 128 valence electrons. The molecule has 2 aromatic carbocycles. The minimum atomic E-state index is -3.81. The Kier molecular flexibility index (Phi) is 5.64. The summed E-state index contributed by atoms with van der Waals surface area (Å²) in [4.78, 5) is 2.14. The van der Waals surface area contributed by atoms with Gasteiger partial charge in [0.25, 0.3) is 10.0 Å². The highest BCUT2D eigenvalue weighted by Gasteiger charge is 2.12. The molecule has 0 saturated heterocycles. The highest BCUT2D eigenvalue weighted by Crippen LogP contribution is 2.21. The van der Waals surface area contributed by atoms with Crippen LogP contribution in [-0.4, -0.2) is 33.5 Å². The summed E-state index contributed by atoms with van der Waals surface area (Å²) in [6, 6.07) is 10.5. The largest absolute Gasteiger partial charge is 0.507 e. The van der Waals surface area contributed by atoms with E-state index in [1.807, 2.05) is 6.92 Å². The average molecular weight is 350 g/mol. The van der Waals surface area contributed by atoms with Gasteiger partial charge in [0.2, 0.25) is 0 Å². The van der Waals surface area contributed by atoms with Gasteiger partial charge in [-0.1, -0.05) is 0 Å². The molecule has 0 bridgehead atoms. The number of nitrogens with one attached hydrogen (secondary N) is 1. The number of hydrogen-bond donors (Lipinski definition) is 2. The molecule has 0 amide bonds. The van der Waals surface area contributed by atoms with E-state index < -0.39 is 10.0 Å². The van der Waals surface area contributed by atoms with Crippen molar-refractivity contribution in [1.29, 1.82) is 0 Å². The summed E-state index contributed by atoms with van der Waals surface area (Å²) in [5.41, 5.74) is 0.323. The Bertz CT molecular complexity index is 817. The van der Waals surface area contributed by atoms with Crippen molar-refractivity contribution in [1.82, 2.24) is 4.83 Å². The van der Waals surface area contributed by atoms with Crippen molar-refractivity contribution in [2.24, 2.45) is 5.10 Å². The second-order valence-electron chi connectivity index (χ2n) is 4.68. The standard InChI is InChI=1S/C16H18N2O5S/c1-3-23-13-4-7-15(8-5-13)24(20,21)18-17-11-12-10-14(22-2)6-9-16(12)19/h4-11,18-19H,3H2,1-2H3/b17-11+. The van der Waals surface area contributed by atoms with Gasteiger partial charge in [-0.3, -0.25) is 0 Å². The Hall–Kier alpha value is -2.74. The van der Waals surface area contributed by atoms with Crippen LogP contribution in [0.2, 0.25) is 0 Å². The molecular weight excluding hydrogens is 332 g/mol. The molecule has 0 fully saturated rings. The molecule has 2 N–H and O–H groups in total. The monoisotopic (exact) mass is 350 g/mol. The van der Waals surface area contributed by atoms with Crippen LogP contribution in [0.3, 0.4) is 0 Å². The summed E-state index contributed by atoms with van der Waals surface area (Å²) in [7, 11) is -2.32. The van der Waals surface area contributed by atoms with Gasteiger partial charge in [0.1, 0.15) is 17.2 Å². The SMILES string of the molecule is CCOc1ccc(S(=O)(=O)N/N=C/c2cc(OC)ccc2O)cc1. The number of rotatable bonds is 7. The highest BCUT2D eigenvalue weighted by molar-refractivity contribution is 7.89. The molecule has 2 rings (SSSR count). The molecule has 0 radical (unpaired) electrons. The van der Waals surface area contributed by atoms with E-state index in [4.69, 9.17) is 9.47 Å². The molecular formula is C16H18N2O5S. The smallest absolute Gasteiger partial charge is 0.276 e. The van der Waals surface area contributed by atoms with Crippen LogP contribution in [0.15, 0.2) is 52.5 Å². The van der Waals surface area contributed by atoms with Crippen LogP contribution >= 0.6 is 0 Å². The Labute approximate surface area is 140 Å². The van der Waals surface area contributed by atoms with Crippen molar-refractivity contribution < 1.29 is 23.0 Å². The molecule has 24 heavy (non-hydrogen) atoms. The number of sulfonamides is 1. The fraction of sp³-hybridized carbons (Fsp3) is 0.188. The third-order valence-electron chi connectivity index (χ3n) is 3.06.